The van der Waals surface area contributed by atoms with Crippen molar-refractivity contribution >= 4 is 11.8 Å². The van der Waals surface area contributed by atoms with Crippen molar-refractivity contribution in [2.45, 2.75) is 52.5 Å². The second-order valence-electron chi connectivity index (χ2n) is 6.26. The number of hydrogen-bond acceptors (Lipinski definition) is 5. The summed E-state index contributed by atoms with van der Waals surface area (Å²) >= 11 is 0. The molecule has 1 N–H and O–H groups in total. The van der Waals surface area contributed by atoms with Crippen molar-refractivity contribution in [1.29, 1.82) is 0 Å². The van der Waals surface area contributed by atoms with Gasteiger partial charge in [-0.05, 0) is 33.6 Å². The average molecular weight is 329 g/mol. The van der Waals surface area contributed by atoms with Gasteiger partial charge >= 0.3 is 5.97 Å². The van der Waals surface area contributed by atoms with Gasteiger partial charge < -0.3 is 10.1 Å². The molecule has 0 saturated heterocycles. The summed E-state index contributed by atoms with van der Waals surface area (Å²) < 4.78 is 6.89. The average Bonchev–Trinajstić information content (AvgIpc) is 2.93. The van der Waals surface area contributed by atoms with E-state index in [9.17, 15) is 9.59 Å². The van der Waals surface area contributed by atoms with E-state index in [1.165, 1.54) is 7.11 Å². The Bertz CT molecular complexity index is 770. The van der Waals surface area contributed by atoms with Crippen molar-refractivity contribution in [2.75, 3.05) is 7.11 Å². The number of aromatic nitrogens is 2. The van der Waals surface area contributed by atoms with Gasteiger partial charge in [-0.3, -0.25) is 9.48 Å². The third-order valence-electron chi connectivity index (χ3n) is 4.93. The van der Waals surface area contributed by atoms with Crippen LogP contribution in [-0.4, -0.2) is 28.6 Å². The number of hydrogen-bond donors (Lipinski definition) is 1. The first-order valence-corrected chi connectivity index (χ1v) is 8.34. The Morgan fingerprint density at radius 1 is 1.42 bits per heavy atom. The minimum atomic E-state index is -0.404. The van der Waals surface area contributed by atoms with Crippen LogP contribution in [0.1, 0.15) is 50.3 Å². The summed E-state index contributed by atoms with van der Waals surface area (Å²) in [7, 11) is 1.37. The predicted octanol–water partition coefficient (Wildman–Crippen LogP) is 2.35. The first kappa shape index (κ1) is 16.5. The highest BCUT2D eigenvalue weighted by molar-refractivity contribution is 6.03. The molecule has 0 spiro atoms. The van der Waals surface area contributed by atoms with Crippen LogP contribution in [-0.2, 0) is 20.9 Å². The molecule has 1 aromatic rings. The fraction of sp³-hybridized carbons (Fsp3) is 0.500. The molecule has 0 unspecified atom stereocenters. The van der Waals surface area contributed by atoms with Crippen molar-refractivity contribution in [2.24, 2.45) is 0 Å². The SMILES string of the molecule is CCn1ncc([C@@H]2C(C(=O)OC)=C(C)NC3=C2C(=O)CCC3)c1C. The minimum absolute atomic E-state index is 0.103. The Kier molecular flexibility index (Phi) is 4.30. The maximum atomic E-state index is 12.7. The molecule has 0 fully saturated rings. The van der Waals surface area contributed by atoms with Gasteiger partial charge in [-0.15, -0.1) is 0 Å². The molecule has 3 rings (SSSR count). The molecule has 6 heteroatoms. The van der Waals surface area contributed by atoms with Crippen LogP contribution in [0.2, 0.25) is 0 Å². The molecular formula is C18H23N3O3. The topological polar surface area (TPSA) is 73.2 Å². The number of carbonyl (C=O) groups is 2. The first-order valence-electron chi connectivity index (χ1n) is 8.34. The summed E-state index contributed by atoms with van der Waals surface area (Å²) in [5.41, 5.74) is 4.77. The van der Waals surface area contributed by atoms with Crippen LogP contribution < -0.4 is 5.32 Å². The van der Waals surface area contributed by atoms with Gasteiger partial charge in [-0.25, -0.2) is 4.79 Å². The summed E-state index contributed by atoms with van der Waals surface area (Å²) in [4.78, 5) is 25.1. The normalized spacial score (nSPS) is 20.8. The lowest BCUT2D eigenvalue weighted by atomic mass is 9.75. The number of rotatable bonds is 3. The molecule has 0 aromatic carbocycles. The van der Waals surface area contributed by atoms with Gasteiger partial charge in [0.15, 0.2) is 5.78 Å². The smallest absolute Gasteiger partial charge is 0.336 e. The molecule has 0 amide bonds. The zero-order valence-electron chi connectivity index (χ0n) is 14.6. The highest BCUT2D eigenvalue weighted by Gasteiger charge is 2.40. The number of dihydropyridines is 1. The number of esters is 1. The second kappa shape index (κ2) is 6.26. The third kappa shape index (κ3) is 2.46. The maximum absolute atomic E-state index is 12.7. The van der Waals surface area contributed by atoms with Crippen molar-refractivity contribution in [3.8, 4) is 0 Å². The van der Waals surface area contributed by atoms with E-state index >= 15 is 0 Å². The van der Waals surface area contributed by atoms with Gasteiger partial charge in [-0.1, -0.05) is 0 Å². The number of allylic oxidation sites excluding steroid dienone is 3. The fourth-order valence-electron chi connectivity index (χ4n) is 3.74. The first-order chi connectivity index (χ1) is 11.5. The Labute approximate surface area is 141 Å². The van der Waals surface area contributed by atoms with Gasteiger partial charge in [0, 0.05) is 41.2 Å². The van der Waals surface area contributed by atoms with E-state index in [1.54, 1.807) is 6.20 Å². The molecule has 24 heavy (non-hydrogen) atoms. The number of ketones is 1. The van der Waals surface area contributed by atoms with E-state index < -0.39 is 11.9 Å². The third-order valence-corrected chi connectivity index (χ3v) is 4.93. The van der Waals surface area contributed by atoms with E-state index in [0.29, 0.717) is 17.6 Å². The standard InChI is InChI=1S/C18H23N3O3/c1-5-21-11(3)12(9-19-21)16-15(18(23)24-4)10(2)20-13-7-6-8-14(22)17(13)16/h9,16,20H,5-8H2,1-4H3/t16-/m1/s1. The molecule has 0 bridgehead atoms. The lowest BCUT2D eigenvalue weighted by Gasteiger charge is -2.33. The highest BCUT2D eigenvalue weighted by atomic mass is 16.5. The lowest BCUT2D eigenvalue weighted by molar-refractivity contribution is -0.136. The molecule has 2 heterocycles. The monoisotopic (exact) mass is 329 g/mol. The zero-order chi connectivity index (χ0) is 17.4. The lowest BCUT2D eigenvalue weighted by Crippen LogP contribution is -2.34. The summed E-state index contributed by atoms with van der Waals surface area (Å²) in [5, 5.41) is 7.67. The predicted molar refractivity (Wildman–Crippen MR) is 89.1 cm³/mol. The van der Waals surface area contributed by atoms with E-state index in [2.05, 4.69) is 10.4 Å². The molecule has 1 aliphatic heterocycles. The number of Topliss-reactive ketones (excluding diaryl/α,β-unsaturated/α-hetero) is 1. The Hall–Kier alpha value is -2.37. The van der Waals surface area contributed by atoms with E-state index in [1.807, 2.05) is 25.5 Å². The van der Waals surface area contributed by atoms with Gasteiger partial charge in [0.2, 0.25) is 0 Å². The molecule has 6 nitrogen and oxygen atoms in total. The van der Waals surface area contributed by atoms with Crippen LogP contribution in [0.25, 0.3) is 0 Å². The van der Waals surface area contributed by atoms with Crippen LogP contribution in [0.3, 0.4) is 0 Å². The van der Waals surface area contributed by atoms with Crippen molar-refractivity contribution in [1.82, 2.24) is 15.1 Å². The van der Waals surface area contributed by atoms with Gasteiger partial charge in [0.25, 0.3) is 0 Å². The number of nitrogens with zero attached hydrogens (tertiary/aromatic N) is 2. The van der Waals surface area contributed by atoms with Crippen molar-refractivity contribution < 1.29 is 14.3 Å². The van der Waals surface area contributed by atoms with Crippen LogP contribution in [0.15, 0.2) is 28.7 Å². The fourth-order valence-corrected chi connectivity index (χ4v) is 3.74. The number of nitrogens with one attached hydrogen (secondary N) is 1. The number of carbonyl (C=O) groups excluding carboxylic acids is 2. The highest BCUT2D eigenvalue weighted by Crippen LogP contribution is 2.43. The summed E-state index contributed by atoms with van der Waals surface area (Å²) in [5.74, 6) is -0.702. The van der Waals surface area contributed by atoms with Crippen LogP contribution in [0, 0.1) is 6.92 Å². The van der Waals surface area contributed by atoms with Crippen LogP contribution in [0.4, 0.5) is 0 Å². The quantitative estimate of drug-likeness (QED) is 0.862. The molecule has 1 aromatic heterocycles. The number of methoxy groups -OCH3 is 1. The number of aryl methyl sites for hydroxylation is 1. The van der Waals surface area contributed by atoms with E-state index in [4.69, 9.17) is 4.74 Å². The molecule has 1 aliphatic carbocycles. The van der Waals surface area contributed by atoms with E-state index in [-0.39, 0.29) is 5.78 Å². The minimum Gasteiger partial charge on any atom is -0.466 e. The molecule has 1 atom stereocenters. The van der Waals surface area contributed by atoms with Crippen LogP contribution in [0.5, 0.6) is 0 Å². The number of ether oxygens (including phenoxy) is 1. The summed E-state index contributed by atoms with van der Waals surface area (Å²) in [6.07, 6.45) is 3.96. The Morgan fingerprint density at radius 3 is 2.79 bits per heavy atom. The molecule has 2 aliphatic rings. The Balaban J connectivity index is 2.22. The molecular weight excluding hydrogens is 306 g/mol. The van der Waals surface area contributed by atoms with Gasteiger partial charge in [0.05, 0.1) is 24.8 Å². The Morgan fingerprint density at radius 2 is 2.17 bits per heavy atom. The van der Waals surface area contributed by atoms with Crippen LogP contribution >= 0.6 is 0 Å². The van der Waals surface area contributed by atoms with E-state index in [0.717, 1.165) is 42.0 Å². The summed E-state index contributed by atoms with van der Waals surface area (Å²) in [6, 6.07) is 0. The van der Waals surface area contributed by atoms with Crippen molar-refractivity contribution in [3.63, 3.8) is 0 Å². The largest absolute Gasteiger partial charge is 0.466 e. The van der Waals surface area contributed by atoms with Gasteiger partial charge in [-0.2, -0.15) is 5.10 Å². The van der Waals surface area contributed by atoms with Gasteiger partial charge in [0.1, 0.15) is 0 Å². The molecule has 0 radical (unpaired) electrons. The summed E-state index contributed by atoms with van der Waals surface area (Å²) in [6.45, 7) is 6.60. The maximum Gasteiger partial charge on any atom is 0.336 e. The van der Waals surface area contributed by atoms with Crippen molar-refractivity contribution in [3.05, 3.63) is 40.0 Å². The zero-order valence-corrected chi connectivity index (χ0v) is 14.6. The second-order valence-corrected chi connectivity index (χ2v) is 6.26. The molecule has 128 valence electrons. The molecule has 0 saturated carbocycles.